The van der Waals surface area contributed by atoms with Gasteiger partial charge in [-0.3, -0.25) is 14.5 Å². The van der Waals surface area contributed by atoms with Gasteiger partial charge in [0, 0.05) is 19.2 Å². The van der Waals surface area contributed by atoms with Crippen LogP contribution < -0.4 is 15.4 Å². The molecule has 0 unspecified atom stereocenters. The molecule has 0 fully saturated rings. The quantitative estimate of drug-likeness (QED) is 0.742. The number of nitrogens with one attached hydrogen (secondary N) is 2. The van der Waals surface area contributed by atoms with Gasteiger partial charge in [0.15, 0.2) is 0 Å². The standard InChI is InChI=1S/C19H21F2N3O3/c1-22-18(26)14-9-7-13(8-10-14)11-24(2)12-17(25)23-15-5-3-4-6-16(15)27-19(20)21/h3-10,19H,11-12H2,1-2H3,(H,22,26)(H,23,25). The Morgan fingerprint density at radius 3 is 2.41 bits per heavy atom. The molecule has 2 aromatic carbocycles. The Labute approximate surface area is 156 Å². The lowest BCUT2D eigenvalue weighted by molar-refractivity contribution is -0.117. The number of hydrogen-bond acceptors (Lipinski definition) is 4. The summed E-state index contributed by atoms with van der Waals surface area (Å²) < 4.78 is 29.2. The predicted octanol–water partition coefficient (Wildman–Crippen LogP) is 2.72. The first-order valence-corrected chi connectivity index (χ1v) is 8.22. The van der Waals surface area contributed by atoms with Crippen LogP contribution in [0.1, 0.15) is 15.9 Å². The van der Waals surface area contributed by atoms with E-state index in [0.29, 0.717) is 12.1 Å². The van der Waals surface area contributed by atoms with Gasteiger partial charge in [0.05, 0.1) is 12.2 Å². The maximum absolute atomic E-state index is 12.4. The molecule has 0 aliphatic heterocycles. The SMILES string of the molecule is CNC(=O)c1ccc(CN(C)CC(=O)Nc2ccccc2OC(F)F)cc1. The molecule has 27 heavy (non-hydrogen) atoms. The smallest absolute Gasteiger partial charge is 0.387 e. The van der Waals surface area contributed by atoms with Gasteiger partial charge in [-0.05, 0) is 36.9 Å². The summed E-state index contributed by atoms with van der Waals surface area (Å²) in [5, 5.41) is 5.12. The summed E-state index contributed by atoms with van der Waals surface area (Å²) in [6, 6.07) is 13.1. The van der Waals surface area contributed by atoms with Gasteiger partial charge in [0.1, 0.15) is 5.75 Å². The third kappa shape index (κ3) is 6.34. The summed E-state index contributed by atoms with van der Waals surface area (Å²) >= 11 is 0. The van der Waals surface area contributed by atoms with E-state index in [2.05, 4.69) is 15.4 Å². The average Bonchev–Trinajstić information content (AvgIpc) is 2.62. The highest BCUT2D eigenvalue weighted by atomic mass is 19.3. The second-order valence-corrected chi connectivity index (χ2v) is 5.87. The number of rotatable bonds is 8. The molecule has 6 nitrogen and oxygen atoms in total. The Balaban J connectivity index is 1.91. The number of para-hydroxylation sites is 2. The maximum atomic E-state index is 12.4. The summed E-state index contributed by atoms with van der Waals surface area (Å²) in [6.07, 6.45) is 0. The van der Waals surface area contributed by atoms with Crippen LogP contribution in [0.3, 0.4) is 0 Å². The van der Waals surface area contributed by atoms with E-state index < -0.39 is 6.61 Å². The number of alkyl halides is 2. The van der Waals surface area contributed by atoms with E-state index in [4.69, 9.17) is 0 Å². The number of benzene rings is 2. The van der Waals surface area contributed by atoms with Crippen molar-refractivity contribution < 1.29 is 23.1 Å². The highest BCUT2D eigenvalue weighted by Gasteiger charge is 2.13. The number of nitrogens with zero attached hydrogens (tertiary/aromatic N) is 1. The monoisotopic (exact) mass is 377 g/mol. The van der Waals surface area contributed by atoms with Gasteiger partial charge in [-0.15, -0.1) is 0 Å². The molecule has 0 aromatic heterocycles. The molecule has 0 aliphatic carbocycles. The normalized spacial score (nSPS) is 10.7. The van der Waals surface area contributed by atoms with Crippen LogP contribution in [0.5, 0.6) is 5.75 Å². The largest absolute Gasteiger partial charge is 0.433 e. The Morgan fingerprint density at radius 1 is 1.11 bits per heavy atom. The van der Waals surface area contributed by atoms with Crippen molar-refractivity contribution in [1.29, 1.82) is 0 Å². The molecule has 2 aromatic rings. The molecule has 0 heterocycles. The van der Waals surface area contributed by atoms with Gasteiger partial charge >= 0.3 is 6.61 Å². The number of anilines is 1. The molecule has 0 aliphatic rings. The lowest BCUT2D eigenvalue weighted by Crippen LogP contribution is -2.30. The van der Waals surface area contributed by atoms with E-state index in [1.807, 2.05) is 12.1 Å². The molecule has 8 heteroatoms. The molecule has 0 atom stereocenters. The number of ether oxygens (including phenoxy) is 1. The van der Waals surface area contributed by atoms with Crippen LogP contribution in [0.2, 0.25) is 0 Å². The van der Waals surface area contributed by atoms with Gasteiger partial charge in [-0.2, -0.15) is 8.78 Å². The van der Waals surface area contributed by atoms with Crippen LogP contribution in [0, 0.1) is 0 Å². The summed E-state index contributed by atoms with van der Waals surface area (Å²) in [5.41, 5.74) is 1.67. The number of hydrogen-bond donors (Lipinski definition) is 2. The van der Waals surface area contributed by atoms with E-state index in [1.165, 1.54) is 12.1 Å². The fraction of sp³-hybridized carbons (Fsp3) is 0.263. The zero-order valence-corrected chi connectivity index (χ0v) is 15.0. The van der Waals surface area contributed by atoms with Crippen molar-refractivity contribution in [1.82, 2.24) is 10.2 Å². The average molecular weight is 377 g/mol. The number of likely N-dealkylation sites (N-methyl/N-ethyl adjacent to an activating group) is 1. The summed E-state index contributed by atoms with van der Waals surface area (Å²) in [5.74, 6) is -0.614. The molecule has 2 rings (SSSR count). The topological polar surface area (TPSA) is 70.7 Å². The van der Waals surface area contributed by atoms with Crippen molar-refractivity contribution in [3.8, 4) is 5.75 Å². The van der Waals surface area contributed by atoms with Crippen molar-refractivity contribution in [2.45, 2.75) is 13.2 Å². The Hall–Kier alpha value is -3.00. The predicted molar refractivity (Wildman–Crippen MR) is 97.9 cm³/mol. The molecule has 0 radical (unpaired) electrons. The molecule has 0 spiro atoms. The highest BCUT2D eigenvalue weighted by Crippen LogP contribution is 2.25. The van der Waals surface area contributed by atoms with Crippen LogP contribution in [-0.2, 0) is 11.3 Å². The zero-order chi connectivity index (χ0) is 19.8. The van der Waals surface area contributed by atoms with E-state index in [0.717, 1.165) is 5.56 Å². The van der Waals surface area contributed by atoms with Crippen molar-refractivity contribution in [3.63, 3.8) is 0 Å². The number of carbonyl (C=O) groups is 2. The molecule has 0 saturated carbocycles. The number of halogens is 2. The lowest BCUT2D eigenvalue weighted by atomic mass is 10.1. The zero-order valence-electron chi connectivity index (χ0n) is 15.0. The maximum Gasteiger partial charge on any atom is 0.387 e. The second kappa shape index (κ2) is 9.63. The molecular weight excluding hydrogens is 356 g/mol. The summed E-state index contributed by atoms with van der Waals surface area (Å²) in [7, 11) is 3.32. The van der Waals surface area contributed by atoms with Crippen LogP contribution in [0.4, 0.5) is 14.5 Å². The van der Waals surface area contributed by atoms with Gasteiger partial charge in [0.25, 0.3) is 5.91 Å². The minimum absolute atomic E-state index is 0.0558. The molecule has 0 bridgehead atoms. The number of carbonyl (C=O) groups excluding carboxylic acids is 2. The first kappa shape index (κ1) is 20.3. The Bertz CT molecular complexity index is 782. The van der Waals surface area contributed by atoms with Gasteiger partial charge in [-0.1, -0.05) is 24.3 Å². The van der Waals surface area contributed by atoms with E-state index >= 15 is 0 Å². The molecule has 2 N–H and O–H groups in total. The minimum Gasteiger partial charge on any atom is -0.433 e. The van der Waals surface area contributed by atoms with Crippen molar-refractivity contribution in [2.75, 3.05) is 26.0 Å². The third-order valence-corrected chi connectivity index (χ3v) is 3.69. The van der Waals surface area contributed by atoms with Crippen LogP contribution >= 0.6 is 0 Å². The van der Waals surface area contributed by atoms with Crippen molar-refractivity contribution in [3.05, 3.63) is 59.7 Å². The first-order chi connectivity index (χ1) is 12.9. The van der Waals surface area contributed by atoms with Crippen LogP contribution in [0.15, 0.2) is 48.5 Å². The summed E-state index contributed by atoms with van der Waals surface area (Å²) in [6.45, 7) is -2.43. The summed E-state index contributed by atoms with van der Waals surface area (Å²) in [4.78, 5) is 25.5. The number of amides is 2. The first-order valence-electron chi connectivity index (χ1n) is 8.22. The minimum atomic E-state index is -2.97. The van der Waals surface area contributed by atoms with Crippen LogP contribution in [-0.4, -0.2) is 44.0 Å². The molecular formula is C19H21F2N3O3. The molecule has 2 amide bonds. The van der Waals surface area contributed by atoms with Crippen molar-refractivity contribution in [2.24, 2.45) is 0 Å². The Kier molecular flexibility index (Phi) is 7.25. The highest BCUT2D eigenvalue weighted by molar-refractivity contribution is 5.94. The van der Waals surface area contributed by atoms with Gasteiger partial charge in [-0.25, -0.2) is 0 Å². The lowest BCUT2D eigenvalue weighted by Gasteiger charge is -2.17. The van der Waals surface area contributed by atoms with E-state index in [1.54, 1.807) is 43.3 Å². The third-order valence-electron chi connectivity index (χ3n) is 3.69. The molecule has 144 valence electrons. The van der Waals surface area contributed by atoms with Gasteiger partial charge < -0.3 is 15.4 Å². The fourth-order valence-electron chi connectivity index (χ4n) is 2.48. The van der Waals surface area contributed by atoms with Crippen molar-refractivity contribution >= 4 is 17.5 Å². The second-order valence-electron chi connectivity index (χ2n) is 5.87. The fourth-order valence-corrected chi connectivity index (χ4v) is 2.48. The van der Waals surface area contributed by atoms with E-state index in [9.17, 15) is 18.4 Å². The molecule has 0 saturated heterocycles. The van der Waals surface area contributed by atoms with Crippen LogP contribution in [0.25, 0.3) is 0 Å². The van der Waals surface area contributed by atoms with Gasteiger partial charge in [0.2, 0.25) is 5.91 Å². The Morgan fingerprint density at radius 2 is 1.78 bits per heavy atom. The van der Waals surface area contributed by atoms with E-state index in [-0.39, 0.29) is 29.8 Å².